The lowest BCUT2D eigenvalue weighted by Gasteiger charge is -2.04. The van der Waals surface area contributed by atoms with E-state index in [0.717, 1.165) is 13.1 Å². The third-order valence-corrected chi connectivity index (χ3v) is 1.77. The molecule has 0 saturated carbocycles. The van der Waals surface area contributed by atoms with Crippen molar-refractivity contribution in [2.75, 3.05) is 13.1 Å². The highest BCUT2D eigenvalue weighted by Gasteiger charge is 2.14. The molecule has 2 N–H and O–H groups in total. The van der Waals surface area contributed by atoms with E-state index in [0.29, 0.717) is 0 Å². The van der Waals surface area contributed by atoms with Gasteiger partial charge in [-0.2, -0.15) is 0 Å². The monoisotopic (exact) mass is 150 g/mol. The van der Waals surface area contributed by atoms with E-state index in [1.165, 1.54) is 11.1 Å². The van der Waals surface area contributed by atoms with Crippen LogP contribution in [0.25, 0.3) is 0 Å². The molecule has 0 aliphatic carbocycles. The Bertz CT molecular complexity index is 214. The molecule has 1 aliphatic rings. The van der Waals surface area contributed by atoms with Crippen molar-refractivity contribution >= 4 is 0 Å². The summed E-state index contributed by atoms with van der Waals surface area (Å²) in [5, 5.41) is 1.78. The maximum absolute atomic E-state index is 5.63. The highest BCUT2D eigenvalue weighted by Crippen LogP contribution is 2.16. The molecule has 0 aromatic carbocycles. The highest BCUT2D eigenvalue weighted by atomic mass is 15.4. The van der Waals surface area contributed by atoms with Crippen molar-refractivity contribution in [3.05, 3.63) is 36.0 Å². The van der Waals surface area contributed by atoms with Gasteiger partial charge in [0, 0.05) is 13.1 Å². The van der Waals surface area contributed by atoms with Gasteiger partial charge in [-0.1, -0.05) is 24.8 Å². The largest absolute Gasteiger partial charge is 0.268 e. The number of nitrogens with zero attached hydrogens (tertiary/aromatic N) is 1. The summed E-state index contributed by atoms with van der Waals surface area (Å²) in [6.07, 6.45) is 5.99. The number of hydrazine groups is 1. The summed E-state index contributed by atoms with van der Waals surface area (Å²) in [6, 6.07) is 0. The molecule has 2 heteroatoms. The molecule has 1 heterocycles. The third kappa shape index (κ3) is 1.79. The van der Waals surface area contributed by atoms with E-state index in [2.05, 4.69) is 12.7 Å². The Morgan fingerprint density at radius 3 is 2.64 bits per heavy atom. The van der Waals surface area contributed by atoms with Gasteiger partial charge >= 0.3 is 0 Å². The first-order chi connectivity index (χ1) is 5.27. The van der Waals surface area contributed by atoms with Crippen LogP contribution in [0.3, 0.4) is 0 Å². The van der Waals surface area contributed by atoms with Crippen LogP contribution in [0.2, 0.25) is 0 Å². The maximum atomic E-state index is 5.63. The molecular formula is C9H14N2. The summed E-state index contributed by atoms with van der Waals surface area (Å²) in [5.74, 6) is 5.63. The van der Waals surface area contributed by atoms with Crippen LogP contribution in [0.1, 0.15) is 6.92 Å². The lowest BCUT2D eigenvalue weighted by atomic mass is 10.1. The summed E-state index contributed by atoms with van der Waals surface area (Å²) in [7, 11) is 0. The van der Waals surface area contributed by atoms with Crippen LogP contribution in [0, 0.1) is 0 Å². The molecule has 0 fully saturated rings. The molecule has 11 heavy (non-hydrogen) atoms. The fourth-order valence-electron chi connectivity index (χ4n) is 1.25. The zero-order chi connectivity index (χ0) is 8.27. The molecule has 1 rings (SSSR count). The van der Waals surface area contributed by atoms with Crippen molar-refractivity contribution in [1.82, 2.24) is 5.01 Å². The minimum Gasteiger partial charge on any atom is -0.268 e. The maximum Gasteiger partial charge on any atom is 0.0386 e. The Hall–Kier alpha value is -0.860. The Labute approximate surface area is 67.7 Å². The van der Waals surface area contributed by atoms with Crippen LogP contribution in [0.5, 0.6) is 0 Å². The predicted molar refractivity (Wildman–Crippen MR) is 47.8 cm³/mol. The van der Waals surface area contributed by atoms with E-state index >= 15 is 0 Å². The van der Waals surface area contributed by atoms with Gasteiger partial charge in [-0.25, -0.2) is 5.01 Å². The topological polar surface area (TPSA) is 29.3 Å². The van der Waals surface area contributed by atoms with Crippen LogP contribution < -0.4 is 5.84 Å². The smallest absolute Gasteiger partial charge is 0.0386 e. The summed E-state index contributed by atoms with van der Waals surface area (Å²) in [5.41, 5.74) is 2.52. The van der Waals surface area contributed by atoms with Gasteiger partial charge in [-0.05, 0) is 18.1 Å². The van der Waals surface area contributed by atoms with Gasteiger partial charge in [-0.3, -0.25) is 5.84 Å². The fourth-order valence-corrected chi connectivity index (χ4v) is 1.25. The second kappa shape index (κ2) is 3.51. The quantitative estimate of drug-likeness (QED) is 0.600. The average molecular weight is 150 g/mol. The lowest BCUT2D eigenvalue weighted by molar-refractivity contribution is 0.364. The number of nitrogens with two attached hydrogens (primary N) is 1. The van der Waals surface area contributed by atoms with Gasteiger partial charge in [-0.15, -0.1) is 0 Å². The molecule has 2 nitrogen and oxygen atoms in total. The SMILES string of the molecule is C=CC1=C(/C=C\C)CN(N)C1. The molecule has 0 aromatic rings. The summed E-state index contributed by atoms with van der Waals surface area (Å²) in [4.78, 5) is 0. The third-order valence-electron chi connectivity index (χ3n) is 1.77. The molecule has 0 unspecified atom stereocenters. The van der Waals surface area contributed by atoms with E-state index in [9.17, 15) is 0 Å². The van der Waals surface area contributed by atoms with E-state index in [1.54, 1.807) is 5.01 Å². The molecule has 0 aromatic heterocycles. The van der Waals surface area contributed by atoms with Gasteiger partial charge in [0.05, 0.1) is 0 Å². The Kier molecular flexibility index (Phi) is 2.63. The number of rotatable bonds is 2. The lowest BCUT2D eigenvalue weighted by Crippen LogP contribution is -2.28. The predicted octanol–water partition coefficient (Wildman–Crippen LogP) is 1.23. The standard InChI is InChI=1S/C9H14N2/c1-3-5-9-7-11(10)6-8(9)4-2/h3-5H,2,6-7,10H2,1H3/b5-3-. The minimum absolute atomic E-state index is 0.823. The summed E-state index contributed by atoms with van der Waals surface area (Å²) in [6.45, 7) is 7.40. The molecule has 0 amide bonds. The van der Waals surface area contributed by atoms with Crippen molar-refractivity contribution < 1.29 is 0 Å². The Morgan fingerprint density at radius 1 is 1.45 bits per heavy atom. The average Bonchev–Trinajstić information content (AvgIpc) is 2.32. The van der Waals surface area contributed by atoms with Crippen LogP contribution in [-0.4, -0.2) is 18.1 Å². The van der Waals surface area contributed by atoms with Gasteiger partial charge in [0.15, 0.2) is 0 Å². The van der Waals surface area contributed by atoms with Gasteiger partial charge in [0.2, 0.25) is 0 Å². The molecule has 0 spiro atoms. The molecule has 1 aliphatic heterocycles. The Morgan fingerprint density at radius 2 is 2.09 bits per heavy atom. The molecule has 0 saturated heterocycles. The zero-order valence-corrected chi connectivity index (χ0v) is 6.88. The number of hydrogen-bond donors (Lipinski definition) is 1. The molecule has 0 atom stereocenters. The van der Waals surface area contributed by atoms with Crippen molar-refractivity contribution in [1.29, 1.82) is 0 Å². The highest BCUT2D eigenvalue weighted by molar-refractivity contribution is 5.37. The van der Waals surface area contributed by atoms with Crippen molar-refractivity contribution in [3.8, 4) is 0 Å². The minimum atomic E-state index is 0.823. The van der Waals surface area contributed by atoms with Crippen LogP contribution in [-0.2, 0) is 0 Å². The van der Waals surface area contributed by atoms with E-state index in [1.807, 2.05) is 19.1 Å². The summed E-state index contributed by atoms with van der Waals surface area (Å²) < 4.78 is 0. The van der Waals surface area contributed by atoms with E-state index in [-0.39, 0.29) is 0 Å². The van der Waals surface area contributed by atoms with Gasteiger partial charge in [0.25, 0.3) is 0 Å². The normalized spacial score (nSPS) is 20.2. The van der Waals surface area contributed by atoms with Crippen LogP contribution in [0.15, 0.2) is 36.0 Å². The van der Waals surface area contributed by atoms with Crippen LogP contribution >= 0.6 is 0 Å². The van der Waals surface area contributed by atoms with Crippen molar-refractivity contribution in [2.24, 2.45) is 5.84 Å². The van der Waals surface area contributed by atoms with Crippen LogP contribution in [0.4, 0.5) is 0 Å². The molecule has 0 radical (unpaired) electrons. The van der Waals surface area contributed by atoms with Crippen molar-refractivity contribution in [3.63, 3.8) is 0 Å². The molecule has 0 bridgehead atoms. The zero-order valence-electron chi connectivity index (χ0n) is 6.88. The first kappa shape index (κ1) is 8.24. The van der Waals surface area contributed by atoms with Gasteiger partial charge < -0.3 is 0 Å². The van der Waals surface area contributed by atoms with Gasteiger partial charge in [0.1, 0.15) is 0 Å². The van der Waals surface area contributed by atoms with Crippen molar-refractivity contribution in [2.45, 2.75) is 6.92 Å². The second-order valence-electron chi connectivity index (χ2n) is 2.66. The first-order valence-corrected chi connectivity index (χ1v) is 3.74. The second-order valence-corrected chi connectivity index (χ2v) is 2.66. The van der Waals surface area contributed by atoms with E-state index in [4.69, 9.17) is 5.84 Å². The Balaban J connectivity index is 2.79. The fraction of sp³-hybridized carbons (Fsp3) is 0.333. The number of hydrogen-bond acceptors (Lipinski definition) is 2. The summed E-state index contributed by atoms with van der Waals surface area (Å²) >= 11 is 0. The van der Waals surface area contributed by atoms with E-state index < -0.39 is 0 Å². The first-order valence-electron chi connectivity index (χ1n) is 3.74. The molecular weight excluding hydrogens is 136 g/mol. The number of allylic oxidation sites excluding steroid dienone is 1. The molecule has 60 valence electrons.